The van der Waals surface area contributed by atoms with Crippen LogP contribution in [0.15, 0.2) is 29.4 Å². The lowest BCUT2D eigenvalue weighted by Crippen LogP contribution is -2.13. The summed E-state index contributed by atoms with van der Waals surface area (Å²) in [6.45, 7) is 0.643. The second-order valence-electron chi connectivity index (χ2n) is 3.06. The Morgan fingerprint density at radius 3 is 2.86 bits per heavy atom. The second kappa shape index (κ2) is 3.80. The summed E-state index contributed by atoms with van der Waals surface area (Å²) in [5.74, 6) is -0.0756. The van der Waals surface area contributed by atoms with Crippen LogP contribution in [-0.2, 0) is 0 Å². The molecule has 72 valence electrons. The Labute approximate surface area is 87.0 Å². The van der Waals surface area contributed by atoms with E-state index in [0.29, 0.717) is 18.0 Å². The molecular weight excluding hydrogens is 200 g/mol. The van der Waals surface area contributed by atoms with Gasteiger partial charge in [0.15, 0.2) is 6.54 Å². The van der Waals surface area contributed by atoms with Gasteiger partial charge in [-0.1, -0.05) is 28.4 Å². The molecular formula is C10H9ClN2O. The first-order valence-electron chi connectivity index (χ1n) is 4.36. The minimum atomic E-state index is -0.0756. The van der Waals surface area contributed by atoms with Gasteiger partial charge < -0.3 is 5.11 Å². The first kappa shape index (κ1) is 9.21. The van der Waals surface area contributed by atoms with E-state index in [4.69, 9.17) is 11.6 Å². The molecule has 0 atom stereocenters. The first-order valence-corrected chi connectivity index (χ1v) is 4.74. The van der Waals surface area contributed by atoms with Crippen LogP contribution in [0.1, 0.15) is 12.0 Å². The summed E-state index contributed by atoms with van der Waals surface area (Å²) >= 11 is 5.95. The first-order chi connectivity index (χ1) is 6.75. The van der Waals surface area contributed by atoms with Crippen LogP contribution in [0.5, 0.6) is 0 Å². The molecule has 4 heteroatoms. The van der Waals surface area contributed by atoms with E-state index in [1.54, 1.807) is 10.9 Å². The zero-order valence-electron chi connectivity index (χ0n) is 7.48. The number of nitrogens with zero attached hydrogens (tertiary/aromatic N) is 2. The molecule has 0 amide bonds. The Morgan fingerprint density at radius 1 is 1.43 bits per heavy atom. The summed E-state index contributed by atoms with van der Waals surface area (Å²) in [4.78, 5) is 0. The smallest absolute Gasteiger partial charge is 0.204 e. The number of hydrogen-bond acceptors (Lipinski definition) is 2. The standard InChI is InChI=1S/C10H9ClN2O/c11-9-4-2-1-3-8(9)7-13-6-5-10(14)12-13/h1-4,7H,5-6H2/b13-7+. The van der Waals surface area contributed by atoms with Crippen LogP contribution in [0.4, 0.5) is 0 Å². The zero-order chi connectivity index (χ0) is 9.97. The third kappa shape index (κ3) is 1.93. The molecule has 0 radical (unpaired) electrons. The predicted molar refractivity (Wildman–Crippen MR) is 53.8 cm³/mol. The van der Waals surface area contributed by atoms with E-state index >= 15 is 0 Å². The maximum atomic E-state index is 10.9. The van der Waals surface area contributed by atoms with Crippen molar-refractivity contribution in [2.45, 2.75) is 6.42 Å². The van der Waals surface area contributed by atoms with Gasteiger partial charge in [-0.3, -0.25) is 0 Å². The van der Waals surface area contributed by atoms with Crippen molar-refractivity contribution in [3.05, 3.63) is 34.9 Å². The summed E-state index contributed by atoms with van der Waals surface area (Å²) in [5.41, 5.74) is 0.882. The van der Waals surface area contributed by atoms with E-state index in [2.05, 4.69) is 5.10 Å². The van der Waals surface area contributed by atoms with Crippen molar-refractivity contribution < 1.29 is 9.79 Å². The van der Waals surface area contributed by atoms with Crippen LogP contribution >= 0.6 is 11.6 Å². The van der Waals surface area contributed by atoms with E-state index in [9.17, 15) is 5.11 Å². The summed E-state index contributed by atoms with van der Waals surface area (Å²) in [5, 5.41) is 15.3. The third-order valence-electron chi connectivity index (χ3n) is 1.99. The quantitative estimate of drug-likeness (QED) is 0.631. The Bertz CT molecular complexity index is 412. The summed E-state index contributed by atoms with van der Waals surface area (Å²) < 4.78 is 1.63. The average Bonchev–Trinajstić information content (AvgIpc) is 2.56. The van der Waals surface area contributed by atoms with Gasteiger partial charge in [-0.25, -0.2) is 0 Å². The van der Waals surface area contributed by atoms with Crippen molar-refractivity contribution in [3.63, 3.8) is 0 Å². The highest BCUT2D eigenvalue weighted by atomic mass is 35.5. The third-order valence-corrected chi connectivity index (χ3v) is 2.33. The van der Waals surface area contributed by atoms with Crippen LogP contribution in [-0.4, -0.2) is 23.3 Å². The van der Waals surface area contributed by atoms with E-state index in [1.165, 1.54) is 0 Å². The number of hydrazone groups is 1. The molecule has 0 aromatic heterocycles. The number of rotatable bonds is 1. The second-order valence-corrected chi connectivity index (χ2v) is 3.46. The minimum Gasteiger partial charge on any atom is -0.857 e. The van der Waals surface area contributed by atoms with Crippen LogP contribution in [0.3, 0.4) is 0 Å². The fourth-order valence-electron chi connectivity index (χ4n) is 1.29. The zero-order valence-corrected chi connectivity index (χ0v) is 8.24. The molecule has 2 rings (SSSR count). The fourth-order valence-corrected chi connectivity index (χ4v) is 1.47. The normalized spacial score (nSPS) is 18.6. The fraction of sp³-hybridized carbons (Fsp3) is 0.200. The number of hydrogen-bond donors (Lipinski definition) is 0. The maximum absolute atomic E-state index is 10.9. The highest BCUT2D eigenvalue weighted by Gasteiger charge is 2.11. The van der Waals surface area contributed by atoms with Gasteiger partial charge in [0.25, 0.3) is 0 Å². The van der Waals surface area contributed by atoms with Gasteiger partial charge >= 0.3 is 0 Å². The molecule has 0 bridgehead atoms. The summed E-state index contributed by atoms with van der Waals surface area (Å²) in [7, 11) is 0. The van der Waals surface area contributed by atoms with E-state index in [1.807, 2.05) is 24.3 Å². The van der Waals surface area contributed by atoms with E-state index in [-0.39, 0.29) is 5.90 Å². The average molecular weight is 209 g/mol. The molecule has 0 aliphatic carbocycles. The van der Waals surface area contributed by atoms with Gasteiger partial charge in [-0.2, -0.15) is 0 Å². The van der Waals surface area contributed by atoms with Crippen LogP contribution in [0.2, 0.25) is 5.02 Å². The lowest BCUT2D eigenvalue weighted by molar-refractivity contribution is -0.519. The lowest BCUT2D eigenvalue weighted by atomic mass is 10.2. The van der Waals surface area contributed by atoms with Crippen LogP contribution in [0, 0.1) is 0 Å². The van der Waals surface area contributed by atoms with Crippen LogP contribution in [0.25, 0.3) is 0 Å². The molecule has 0 unspecified atom stereocenters. The van der Waals surface area contributed by atoms with E-state index in [0.717, 1.165) is 5.56 Å². The molecule has 1 aliphatic heterocycles. The molecule has 14 heavy (non-hydrogen) atoms. The van der Waals surface area contributed by atoms with Crippen molar-refractivity contribution >= 4 is 23.7 Å². The van der Waals surface area contributed by atoms with Gasteiger partial charge in [0, 0.05) is 12.3 Å². The van der Waals surface area contributed by atoms with Gasteiger partial charge in [0.2, 0.25) is 6.21 Å². The van der Waals surface area contributed by atoms with Gasteiger partial charge in [0.05, 0.1) is 10.6 Å². The minimum absolute atomic E-state index is 0.0756. The molecule has 3 nitrogen and oxygen atoms in total. The molecule has 1 aromatic carbocycles. The Morgan fingerprint density at radius 2 is 2.21 bits per heavy atom. The maximum Gasteiger partial charge on any atom is 0.204 e. The highest BCUT2D eigenvalue weighted by Crippen LogP contribution is 2.12. The number of benzene rings is 1. The monoisotopic (exact) mass is 208 g/mol. The largest absolute Gasteiger partial charge is 0.857 e. The van der Waals surface area contributed by atoms with Crippen molar-refractivity contribution in [3.8, 4) is 0 Å². The lowest BCUT2D eigenvalue weighted by Gasteiger charge is -1.93. The molecule has 0 saturated carbocycles. The Balaban J connectivity index is 2.30. The topological polar surface area (TPSA) is 38.4 Å². The molecule has 1 aliphatic rings. The van der Waals surface area contributed by atoms with Crippen molar-refractivity contribution in [1.29, 1.82) is 0 Å². The predicted octanol–water partition coefficient (Wildman–Crippen LogP) is 0.849. The van der Waals surface area contributed by atoms with Gasteiger partial charge in [-0.15, -0.1) is 0 Å². The molecule has 0 saturated heterocycles. The van der Waals surface area contributed by atoms with Gasteiger partial charge in [-0.05, 0) is 17.2 Å². The molecule has 0 N–H and O–H groups in total. The highest BCUT2D eigenvalue weighted by molar-refractivity contribution is 6.32. The van der Waals surface area contributed by atoms with Crippen molar-refractivity contribution in [1.82, 2.24) is 0 Å². The molecule has 0 fully saturated rings. The van der Waals surface area contributed by atoms with Crippen LogP contribution < -0.4 is 5.11 Å². The van der Waals surface area contributed by atoms with Crippen molar-refractivity contribution in [2.75, 3.05) is 6.54 Å². The Hall–Kier alpha value is -1.35. The summed E-state index contributed by atoms with van der Waals surface area (Å²) in [6, 6.07) is 7.47. The SMILES string of the molecule is [O-]C1=N/[N+](=C/c2ccccc2Cl)CC1. The number of halogens is 1. The molecule has 1 aromatic rings. The molecule has 1 heterocycles. The Kier molecular flexibility index (Phi) is 2.50. The van der Waals surface area contributed by atoms with Gasteiger partial charge in [0.1, 0.15) is 0 Å². The van der Waals surface area contributed by atoms with E-state index < -0.39 is 0 Å². The molecule has 0 spiro atoms. The summed E-state index contributed by atoms with van der Waals surface area (Å²) in [6.07, 6.45) is 2.27. The van der Waals surface area contributed by atoms with Crippen molar-refractivity contribution in [2.24, 2.45) is 5.10 Å².